The molecule has 0 aliphatic heterocycles. The van der Waals surface area contributed by atoms with Gasteiger partial charge >= 0.3 is 0 Å². The van der Waals surface area contributed by atoms with Crippen LogP contribution in [-0.4, -0.2) is 25.7 Å². The zero-order chi connectivity index (χ0) is 24.5. The zero-order valence-corrected chi connectivity index (χ0v) is 19.7. The van der Waals surface area contributed by atoms with E-state index in [9.17, 15) is 9.18 Å². The largest absolute Gasteiger partial charge is 0.319 e. The Balaban J connectivity index is 1.52. The lowest BCUT2D eigenvalue weighted by atomic mass is 10.0. The maximum Gasteiger partial charge on any atom is 0.256 e. The average Bonchev–Trinajstić information content (AvgIpc) is 3.13. The van der Waals surface area contributed by atoms with Gasteiger partial charge in [-0.3, -0.25) is 14.5 Å². The van der Waals surface area contributed by atoms with Crippen LogP contribution >= 0.6 is 0 Å². The highest BCUT2D eigenvalue weighted by Gasteiger charge is 2.19. The van der Waals surface area contributed by atoms with Gasteiger partial charge in [0.15, 0.2) is 0 Å². The first-order valence-electron chi connectivity index (χ1n) is 11.3. The van der Waals surface area contributed by atoms with Crippen molar-refractivity contribution in [3.8, 4) is 11.3 Å². The Morgan fingerprint density at radius 3 is 2.57 bits per heavy atom. The molecular formula is C28H24FN5O. The quantitative estimate of drug-likeness (QED) is 0.353. The predicted molar refractivity (Wildman–Crippen MR) is 135 cm³/mol. The molecule has 0 fully saturated rings. The molecule has 3 heterocycles. The van der Waals surface area contributed by atoms with E-state index >= 15 is 0 Å². The Hall–Kier alpha value is -4.39. The highest BCUT2D eigenvalue weighted by Crippen LogP contribution is 2.28. The standard InChI is InChI=1S/C28H24FN5O/c1-17-6-4-8-23-24(14-25(31-26(17)23)21-7-5-13-30-15-21)28(35)32-27-18(2)33-34(19(27)3)16-20-9-11-22(29)12-10-20/h4-15H,16H2,1-3H3,(H,32,35). The molecule has 2 aromatic carbocycles. The summed E-state index contributed by atoms with van der Waals surface area (Å²) in [6.45, 7) is 6.23. The van der Waals surface area contributed by atoms with Crippen molar-refractivity contribution in [2.75, 3.05) is 5.32 Å². The van der Waals surface area contributed by atoms with Crippen LogP contribution in [0, 0.1) is 26.6 Å². The number of hydrogen-bond acceptors (Lipinski definition) is 4. The highest BCUT2D eigenvalue weighted by atomic mass is 19.1. The van der Waals surface area contributed by atoms with E-state index in [2.05, 4.69) is 15.4 Å². The van der Waals surface area contributed by atoms with Crippen LogP contribution in [0.15, 0.2) is 73.1 Å². The van der Waals surface area contributed by atoms with Gasteiger partial charge in [-0.15, -0.1) is 0 Å². The van der Waals surface area contributed by atoms with Crippen molar-refractivity contribution < 1.29 is 9.18 Å². The zero-order valence-electron chi connectivity index (χ0n) is 19.7. The van der Waals surface area contributed by atoms with Crippen molar-refractivity contribution in [3.05, 3.63) is 107 Å². The van der Waals surface area contributed by atoms with E-state index in [1.807, 2.05) is 61.9 Å². The summed E-state index contributed by atoms with van der Waals surface area (Å²) < 4.78 is 15.1. The molecule has 5 aromatic rings. The number of amides is 1. The number of fused-ring (bicyclic) bond motifs is 1. The Morgan fingerprint density at radius 1 is 1.03 bits per heavy atom. The van der Waals surface area contributed by atoms with E-state index in [1.165, 1.54) is 12.1 Å². The number of benzene rings is 2. The van der Waals surface area contributed by atoms with E-state index < -0.39 is 0 Å². The van der Waals surface area contributed by atoms with Gasteiger partial charge in [-0.1, -0.05) is 30.3 Å². The number of rotatable bonds is 5. The summed E-state index contributed by atoms with van der Waals surface area (Å²) in [7, 11) is 0. The van der Waals surface area contributed by atoms with Gasteiger partial charge in [0.05, 0.1) is 40.4 Å². The summed E-state index contributed by atoms with van der Waals surface area (Å²) >= 11 is 0. The second kappa shape index (κ2) is 9.10. The van der Waals surface area contributed by atoms with Crippen LogP contribution < -0.4 is 5.32 Å². The van der Waals surface area contributed by atoms with Gasteiger partial charge in [0.25, 0.3) is 5.91 Å². The minimum atomic E-state index is -0.277. The van der Waals surface area contributed by atoms with Crippen LogP contribution in [0.3, 0.4) is 0 Å². The SMILES string of the molecule is Cc1nn(Cc2ccc(F)cc2)c(C)c1NC(=O)c1cc(-c2cccnc2)nc2c(C)cccc12. The van der Waals surface area contributed by atoms with Crippen molar-refractivity contribution >= 4 is 22.5 Å². The maximum absolute atomic E-state index is 13.6. The molecule has 0 saturated carbocycles. The number of halogens is 1. The number of hydrogen-bond donors (Lipinski definition) is 1. The molecule has 1 N–H and O–H groups in total. The predicted octanol–water partition coefficient (Wildman–Crippen LogP) is 5.86. The molecule has 0 radical (unpaired) electrons. The lowest BCUT2D eigenvalue weighted by Gasteiger charge is -2.12. The first-order valence-corrected chi connectivity index (χ1v) is 11.3. The second-order valence-corrected chi connectivity index (χ2v) is 8.55. The van der Waals surface area contributed by atoms with Crippen molar-refractivity contribution in [1.29, 1.82) is 0 Å². The van der Waals surface area contributed by atoms with Crippen molar-refractivity contribution in [2.24, 2.45) is 0 Å². The fourth-order valence-corrected chi connectivity index (χ4v) is 4.22. The number of aryl methyl sites for hydroxylation is 2. The van der Waals surface area contributed by atoms with Crippen LogP contribution in [0.2, 0.25) is 0 Å². The smallest absolute Gasteiger partial charge is 0.256 e. The highest BCUT2D eigenvalue weighted by molar-refractivity contribution is 6.13. The number of nitrogens with zero attached hydrogens (tertiary/aromatic N) is 4. The third-order valence-corrected chi connectivity index (χ3v) is 6.11. The molecule has 6 nitrogen and oxygen atoms in total. The Kier molecular flexibility index (Phi) is 5.82. The van der Waals surface area contributed by atoms with Gasteiger partial charge in [-0.25, -0.2) is 9.37 Å². The fourth-order valence-electron chi connectivity index (χ4n) is 4.22. The molecule has 0 unspecified atom stereocenters. The number of para-hydroxylation sites is 1. The summed E-state index contributed by atoms with van der Waals surface area (Å²) in [5, 5.41) is 8.46. The number of anilines is 1. The number of nitrogens with one attached hydrogen (secondary N) is 1. The second-order valence-electron chi connectivity index (χ2n) is 8.55. The van der Waals surface area contributed by atoms with Gasteiger partial charge < -0.3 is 5.32 Å². The Labute approximate surface area is 202 Å². The minimum Gasteiger partial charge on any atom is -0.319 e. The first kappa shape index (κ1) is 22.4. The number of carbonyl (C=O) groups excluding carboxylic acids is 1. The van der Waals surface area contributed by atoms with E-state index in [0.717, 1.165) is 33.3 Å². The molecule has 0 saturated heterocycles. The number of pyridine rings is 2. The van der Waals surface area contributed by atoms with E-state index in [4.69, 9.17) is 4.98 Å². The van der Waals surface area contributed by atoms with E-state index in [0.29, 0.717) is 29.2 Å². The van der Waals surface area contributed by atoms with Gasteiger partial charge in [-0.2, -0.15) is 5.10 Å². The molecular weight excluding hydrogens is 441 g/mol. The molecule has 1 amide bonds. The summed E-state index contributed by atoms with van der Waals surface area (Å²) in [6.07, 6.45) is 3.44. The molecule has 0 bridgehead atoms. The van der Waals surface area contributed by atoms with Crippen LogP contribution in [0.5, 0.6) is 0 Å². The third kappa shape index (κ3) is 4.40. The van der Waals surface area contributed by atoms with Crippen molar-refractivity contribution in [3.63, 3.8) is 0 Å². The molecule has 174 valence electrons. The molecule has 0 aliphatic rings. The van der Waals surface area contributed by atoms with Gasteiger partial charge in [0, 0.05) is 23.3 Å². The third-order valence-electron chi connectivity index (χ3n) is 6.11. The average molecular weight is 466 g/mol. The lowest BCUT2D eigenvalue weighted by Crippen LogP contribution is -2.14. The molecule has 7 heteroatoms. The molecule has 35 heavy (non-hydrogen) atoms. The Morgan fingerprint density at radius 2 is 1.83 bits per heavy atom. The van der Waals surface area contributed by atoms with Crippen LogP contribution in [0.4, 0.5) is 10.1 Å². The monoisotopic (exact) mass is 465 g/mol. The van der Waals surface area contributed by atoms with Crippen molar-refractivity contribution in [2.45, 2.75) is 27.3 Å². The molecule has 0 aliphatic carbocycles. The topological polar surface area (TPSA) is 72.7 Å². The van der Waals surface area contributed by atoms with E-state index in [-0.39, 0.29) is 11.7 Å². The van der Waals surface area contributed by atoms with Crippen LogP contribution in [-0.2, 0) is 6.54 Å². The van der Waals surface area contributed by atoms with E-state index in [1.54, 1.807) is 24.5 Å². The normalized spacial score (nSPS) is 11.1. The summed E-state index contributed by atoms with van der Waals surface area (Å²) in [4.78, 5) is 22.6. The molecule has 5 rings (SSSR count). The van der Waals surface area contributed by atoms with Gasteiger partial charge in [-0.05, 0) is 62.2 Å². The summed E-state index contributed by atoms with van der Waals surface area (Å²) in [5.41, 5.74) is 6.94. The van der Waals surface area contributed by atoms with Gasteiger partial charge in [0.1, 0.15) is 5.82 Å². The van der Waals surface area contributed by atoms with Crippen LogP contribution in [0.1, 0.15) is 32.9 Å². The first-order chi connectivity index (χ1) is 16.9. The summed E-state index contributed by atoms with van der Waals surface area (Å²) in [6, 6.07) is 17.7. The molecule has 0 atom stereocenters. The fraction of sp³-hybridized carbons (Fsp3) is 0.143. The number of carbonyl (C=O) groups is 1. The molecule has 3 aromatic heterocycles. The lowest BCUT2D eigenvalue weighted by molar-refractivity contribution is 0.102. The van der Waals surface area contributed by atoms with Crippen molar-refractivity contribution in [1.82, 2.24) is 19.7 Å². The molecule has 0 spiro atoms. The number of aromatic nitrogens is 4. The minimum absolute atomic E-state index is 0.235. The summed E-state index contributed by atoms with van der Waals surface area (Å²) in [5.74, 6) is -0.513. The Bertz CT molecular complexity index is 1540. The van der Waals surface area contributed by atoms with Gasteiger partial charge in [0.2, 0.25) is 0 Å². The van der Waals surface area contributed by atoms with Crippen LogP contribution in [0.25, 0.3) is 22.2 Å². The maximum atomic E-state index is 13.6.